The normalized spacial score (nSPS) is 11.9. The van der Waals surface area contributed by atoms with Crippen LogP contribution in [0.25, 0.3) is 0 Å². The van der Waals surface area contributed by atoms with Gasteiger partial charge in [0.25, 0.3) is 0 Å². The summed E-state index contributed by atoms with van der Waals surface area (Å²) in [7, 11) is 0. The number of carbonyl (C=O) groups is 1. The zero-order chi connectivity index (χ0) is 14.4. The van der Waals surface area contributed by atoms with Crippen LogP contribution in [0, 0.1) is 0 Å². The van der Waals surface area contributed by atoms with Crippen LogP contribution in [0.5, 0.6) is 0 Å². The Morgan fingerprint density at radius 1 is 1.10 bits per heavy atom. The molecule has 0 bridgehead atoms. The lowest BCUT2D eigenvalue weighted by Crippen LogP contribution is -2.27. The van der Waals surface area contributed by atoms with Crippen LogP contribution >= 0.6 is 11.6 Å². The van der Waals surface area contributed by atoms with E-state index in [0.717, 1.165) is 16.7 Å². The molecule has 1 N–H and O–H groups in total. The van der Waals surface area contributed by atoms with Gasteiger partial charge in [-0.15, -0.1) is 11.6 Å². The Kier molecular flexibility index (Phi) is 5.19. The second kappa shape index (κ2) is 7.11. The summed E-state index contributed by atoms with van der Waals surface area (Å²) in [6.07, 6.45) is 0. The third kappa shape index (κ3) is 3.84. The van der Waals surface area contributed by atoms with E-state index in [1.54, 1.807) is 0 Å². The van der Waals surface area contributed by atoms with E-state index >= 15 is 0 Å². The smallest absolute Gasteiger partial charge is 0.227 e. The summed E-state index contributed by atoms with van der Waals surface area (Å²) < 4.78 is 0. The van der Waals surface area contributed by atoms with Gasteiger partial charge in [-0.1, -0.05) is 54.6 Å². The lowest BCUT2D eigenvalue weighted by Gasteiger charge is -2.12. The summed E-state index contributed by atoms with van der Waals surface area (Å²) >= 11 is 5.80. The number of hydrogen-bond acceptors (Lipinski definition) is 1. The van der Waals surface area contributed by atoms with Gasteiger partial charge < -0.3 is 5.32 Å². The molecule has 0 heterocycles. The van der Waals surface area contributed by atoms with Crippen molar-refractivity contribution in [2.75, 3.05) is 0 Å². The van der Waals surface area contributed by atoms with Crippen molar-refractivity contribution >= 4 is 17.5 Å². The molecule has 0 fully saturated rings. The summed E-state index contributed by atoms with van der Waals surface area (Å²) in [5, 5.41) is 2.97. The van der Waals surface area contributed by atoms with E-state index < -0.39 is 0 Å². The van der Waals surface area contributed by atoms with Crippen LogP contribution in [-0.4, -0.2) is 5.91 Å². The first kappa shape index (κ1) is 14.6. The number of rotatable bonds is 5. The van der Waals surface area contributed by atoms with Crippen LogP contribution < -0.4 is 5.32 Å². The molecule has 2 rings (SSSR count). The molecule has 2 aromatic rings. The molecule has 0 aromatic heterocycles. The molecule has 1 amide bonds. The summed E-state index contributed by atoms with van der Waals surface area (Å²) in [6.45, 7) is 2.45. The summed E-state index contributed by atoms with van der Waals surface area (Å²) in [5.41, 5.74) is 3.16. The summed E-state index contributed by atoms with van der Waals surface area (Å²) in [6, 6.07) is 17.7. The monoisotopic (exact) mass is 287 g/mol. The molecule has 0 saturated carbocycles. The van der Waals surface area contributed by atoms with Crippen molar-refractivity contribution in [3.8, 4) is 0 Å². The van der Waals surface area contributed by atoms with Crippen LogP contribution in [-0.2, 0) is 17.2 Å². The minimum atomic E-state index is -0.146. The number of alkyl halides is 1. The Labute approximate surface area is 124 Å². The van der Waals surface area contributed by atoms with Gasteiger partial charge in [0.2, 0.25) is 5.91 Å². The predicted molar refractivity (Wildman–Crippen MR) is 82.7 cm³/mol. The topological polar surface area (TPSA) is 29.1 Å². The molecule has 0 aliphatic heterocycles. The average molecular weight is 288 g/mol. The molecule has 20 heavy (non-hydrogen) atoms. The second-order valence-electron chi connectivity index (χ2n) is 4.80. The van der Waals surface area contributed by atoms with Crippen molar-refractivity contribution in [3.05, 3.63) is 71.3 Å². The Morgan fingerprint density at radius 3 is 2.50 bits per heavy atom. The third-order valence-electron chi connectivity index (χ3n) is 3.31. The van der Waals surface area contributed by atoms with Gasteiger partial charge in [-0.2, -0.15) is 0 Å². The highest BCUT2D eigenvalue weighted by atomic mass is 35.5. The van der Waals surface area contributed by atoms with Crippen LogP contribution in [0.3, 0.4) is 0 Å². The molecule has 0 aliphatic rings. The Morgan fingerprint density at radius 2 is 1.80 bits per heavy atom. The molecule has 3 heteroatoms. The van der Waals surface area contributed by atoms with E-state index in [1.807, 2.05) is 61.5 Å². The molecule has 0 aliphatic carbocycles. The SMILES string of the molecule is CC(C(=O)NCc1cccc(CCl)c1)c1ccccc1. The van der Waals surface area contributed by atoms with Crippen molar-refractivity contribution in [1.82, 2.24) is 5.32 Å². The number of nitrogens with one attached hydrogen (secondary N) is 1. The van der Waals surface area contributed by atoms with E-state index in [-0.39, 0.29) is 11.8 Å². The Balaban J connectivity index is 1.95. The Bertz CT molecular complexity index is 568. The lowest BCUT2D eigenvalue weighted by atomic mass is 10.0. The highest BCUT2D eigenvalue weighted by Gasteiger charge is 2.14. The number of carbonyl (C=O) groups excluding carboxylic acids is 1. The zero-order valence-electron chi connectivity index (χ0n) is 11.5. The third-order valence-corrected chi connectivity index (χ3v) is 3.61. The molecule has 0 radical (unpaired) electrons. The molecule has 1 atom stereocenters. The Hall–Kier alpha value is -1.80. The van der Waals surface area contributed by atoms with E-state index in [4.69, 9.17) is 11.6 Å². The molecular formula is C17H18ClNO. The summed E-state index contributed by atoms with van der Waals surface area (Å²) in [5.74, 6) is 0.377. The van der Waals surface area contributed by atoms with Crippen molar-refractivity contribution in [2.24, 2.45) is 0 Å². The fourth-order valence-electron chi connectivity index (χ4n) is 2.06. The van der Waals surface area contributed by atoms with Gasteiger partial charge >= 0.3 is 0 Å². The number of benzene rings is 2. The van der Waals surface area contributed by atoms with E-state index in [0.29, 0.717) is 12.4 Å². The first-order chi connectivity index (χ1) is 9.70. The van der Waals surface area contributed by atoms with Crippen LogP contribution in [0.1, 0.15) is 29.5 Å². The highest BCUT2D eigenvalue weighted by Crippen LogP contribution is 2.15. The predicted octanol–water partition coefficient (Wildman–Crippen LogP) is 3.85. The zero-order valence-corrected chi connectivity index (χ0v) is 12.2. The summed E-state index contributed by atoms with van der Waals surface area (Å²) in [4.78, 5) is 12.1. The number of hydrogen-bond donors (Lipinski definition) is 1. The minimum absolute atomic E-state index is 0.0347. The average Bonchev–Trinajstić information content (AvgIpc) is 2.53. The van der Waals surface area contributed by atoms with Crippen LogP contribution in [0.2, 0.25) is 0 Å². The highest BCUT2D eigenvalue weighted by molar-refractivity contribution is 6.17. The van der Waals surface area contributed by atoms with Crippen LogP contribution in [0.15, 0.2) is 54.6 Å². The van der Waals surface area contributed by atoms with Crippen molar-refractivity contribution in [1.29, 1.82) is 0 Å². The quantitative estimate of drug-likeness (QED) is 0.832. The molecule has 0 saturated heterocycles. The van der Waals surface area contributed by atoms with Gasteiger partial charge in [0.05, 0.1) is 5.92 Å². The van der Waals surface area contributed by atoms with Gasteiger partial charge in [0.15, 0.2) is 0 Å². The standard InChI is InChI=1S/C17H18ClNO/c1-13(16-8-3-2-4-9-16)17(20)19-12-15-7-5-6-14(10-15)11-18/h2-10,13H,11-12H2,1H3,(H,19,20). The van der Waals surface area contributed by atoms with Gasteiger partial charge in [-0.3, -0.25) is 4.79 Å². The van der Waals surface area contributed by atoms with E-state index in [9.17, 15) is 4.79 Å². The molecular weight excluding hydrogens is 270 g/mol. The maximum absolute atomic E-state index is 12.1. The largest absolute Gasteiger partial charge is 0.352 e. The molecule has 1 unspecified atom stereocenters. The van der Waals surface area contributed by atoms with Gasteiger partial charge in [-0.05, 0) is 23.6 Å². The second-order valence-corrected chi connectivity index (χ2v) is 5.07. The van der Waals surface area contributed by atoms with Crippen molar-refractivity contribution < 1.29 is 4.79 Å². The fraction of sp³-hybridized carbons (Fsp3) is 0.235. The van der Waals surface area contributed by atoms with E-state index in [2.05, 4.69) is 5.32 Å². The molecule has 2 nitrogen and oxygen atoms in total. The van der Waals surface area contributed by atoms with Gasteiger partial charge in [-0.25, -0.2) is 0 Å². The molecule has 104 valence electrons. The maximum atomic E-state index is 12.1. The maximum Gasteiger partial charge on any atom is 0.227 e. The van der Waals surface area contributed by atoms with Crippen molar-refractivity contribution in [2.45, 2.75) is 25.3 Å². The first-order valence-corrected chi connectivity index (χ1v) is 7.20. The van der Waals surface area contributed by atoms with E-state index in [1.165, 1.54) is 0 Å². The first-order valence-electron chi connectivity index (χ1n) is 6.67. The van der Waals surface area contributed by atoms with Gasteiger partial charge in [0.1, 0.15) is 0 Å². The minimum Gasteiger partial charge on any atom is -0.352 e. The lowest BCUT2D eigenvalue weighted by molar-refractivity contribution is -0.122. The van der Waals surface area contributed by atoms with Gasteiger partial charge in [0, 0.05) is 12.4 Å². The fourth-order valence-corrected chi connectivity index (χ4v) is 2.22. The molecule has 2 aromatic carbocycles. The van der Waals surface area contributed by atoms with Crippen molar-refractivity contribution in [3.63, 3.8) is 0 Å². The number of halogens is 1. The molecule has 0 spiro atoms. The number of amides is 1. The van der Waals surface area contributed by atoms with Crippen LogP contribution in [0.4, 0.5) is 0 Å².